The number of aromatic nitrogens is 1. The Morgan fingerprint density at radius 2 is 1.89 bits per heavy atom. The number of ether oxygens (including phenoxy) is 1. The highest BCUT2D eigenvalue weighted by Crippen LogP contribution is 2.29. The van der Waals surface area contributed by atoms with E-state index in [4.69, 9.17) is 4.74 Å². The van der Waals surface area contributed by atoms with E-state index in [1.807, 2.05) is 0 Å². The van der Waals surface area contributed by atoms with Gasteiger partial charge < -0.3 is 4.74 Å². The van der Waals surface area contributed by atoms with Crippen LogP contribution in [0, 0.1) is 0 Å². The number of pyridine rings is 1. The zero-order chi connectivity index (χ0) is 13.0. The first-order chi connectivity index (χ1) is 8.55. The van der Waals surface area contributed by atoms with E-state index in [1.165, 1.54) is 12.3 Å². The Morgan fingerprint density at radius 1 is 1.11 bits per heavy atom. The molecule has 2 nitrogen and oxygen atoms in total. The number of nitrogens with zero attached hydrogens (tertiary/aromatic N) is 1. The quantitative estimate of drug-likeness (QED) is 0.848. The van der Waals surface area contributed by atoms with Crippen molar-refractivity contribution in [2.75, 3.05) is 0 Å². The van der Waals surface area contributed by atoms with Crippen molar-refractivity contribution in [1.82, 2.24) is 4.98 Å². The smallest absolute Gasteiger partial charge is 0.416 e. The predicted octanol–water partition coefficient (Wildman–Crippen LogP) is 4.10. The molecule has 1 heterocycles. The standard InChI is InChI=1S/C13H10F3NO.ClH/c14-13(15,16)11-4-1-3-10(7-11)9-18-12-5-2-6-17-8-12;/h1-8H,9H2;1H. The Labute approximate surface area is 114 Å². The lowest BCUT2D eigenvalue weighted by molar-refractivity contribution is -0.137. The van der Waals surface area contributed by atoms with Crippen LogP contribution in [0.3, 0.4) is 0 Å². The number of alkyl halides is 3. The van der Waals surface area contributed by atoms with E-state index in [0.29, 0.717) is 11.3 Å². The summed E-state index contributed by atoms with van der Waals surface area (Å²) in [6.07, 6.45) is -1.23. The SMILES string of the molecule is Cl.FC(F)(F)c1cccc(COc2cccnc2)c1. The molecule has 102 valence electrons. The summed E-state index contributed by atoms with van der Waals surface area (Å²) in [5, 5.41) is 0. The van der Waals surface area contributed by atoms with Crippen molar-refractivity contribution in [3.63, 3.8) is 0 Å². The topological polar surface area (TPSA) is 22.1 Å². The van der Waals surface area contributed by atoms with E-state index >= 15 is 0 Å². The maximum Gasteiger partial charge on any atom is 0.416 e. The van der Waals surface area contributed by atoms with Gasteiger partial charge in [-0.15, -0.1) is 12.4 Å². The van der Waals surface area contributed by atoms with Gasteiger partial charge in [-0.25, -0.2) is 0 Å². The summed E-state index contributed by atoms with van der Waals surface area (Å²) in [6, 6.07) is 8.46. The molecule has 0 fully saturated rings. The molecule has 0 saturated carbocycles. The number of hydrogen-bond donors (Lipinski definition) is 0. The molecule has 0 aliphatic rings. The van der Waals surface area contributed by atoms with Crippen LogP contribution in [-0.2, 0) is 12.8 Å². The zero-order valence-electron chi connectivity index (χ0n) is 9.72. The summed E-state index contributed by atoms with van der Waals surface area (Å²) >= 11 is 0. The molecule has 1 aromatic carbocycles. The van der Waals surface area contributed by atoms with Crippen LogP contribution in [0.5, 0.6) is 5.75 Å². The molecule has 0 saturated heterocycles. The van der Waals surface area contributed by atoms with Gasteiger partial charge in [0.05, 0.1) is 11.8 Å². The van der Waals surface area contributed by atoms with Crippen LogP contribution in [0.2, 0.25) is 0 Å². The summed E-state index contributed by atoms with van der Waals surface area (Å²) in [5.41, 5.74) is -0.205. The van der Waals surface area contributed by atoms with Crippen molar-refractivity contribution in [1.29, 1.82) is 0 Å². The minimum absolute atomic E-state index is 0. The summed E-state index contributed by atoms with van der Waals surface area (Å²) in [6.45, 7) is 0.0790. The van der Waals surface area contributed by atoms with Gasteiger partial charge in [0.2, 0.25) is 0 Å². The first kappa shape index (κ1) is 15.3. The van der Waals surface area contributed by atoms with Crippen molar-refractivity contribution in [2.45, 2.75) is 12.8 Å². The average molecular weight is 290 g/mol. The van der Waals surface area contributed by atoms with Gasteiger partial charge in [0.15, 0.2) is 0 Å². The average Bonchev–Trinajstić information content (AvgIpc) is 2.37. The van der Waals surface area contributed by atoms with Gasteiger partial charge in [-0.2, -0.15) is 13.2 Å². The van der Waals surface area contributed by atoms with Crippen LogP contribution in [0.15, 0.2) is 48.8 Å². The van der Waals surface area contributed by atoms with Crippen molar-refractivity contribution in [3.05, 3.63) is 59.9 Å². The second kappa shape index (κ2) is 6.43. The molecule has 19 heavy (non-hydrogen) atoms. The molecule has 2 aromatic rings. The van der Waals surface area contributed by atoms with E-state index < -0.39 is 11.7 Å². The highest BCUT2D eigenvalue weighted by molar-refractivity contribution is 5.85. The van der Waals surface area contributed by atoms with Crippen LogP contribution in [0.25, 0.3) is 0 Å². The first-order valence-corrected chi connectivity index (χ1v) is 5.25. The molecule has 0 aliphatic carbocycles. The van der Waals surface area contributed by atoms with E-state index in [-0.39, 0.29) is 19.0 Å². The lowest BCUT2D eigenvalue weighted by Gasteiger charge is -2.09. The summed E-state index contributed by atoms with van der Waals surface area (Å²) in [4.78, 5) is 3.85. The maximum absolute atomic E-state index is 12.5. The Hall–Kier alpha value is -1.75. The highest BCUT2D eigenvalue weighted by atomic mass is 35.5. The van der Waals surface area contributed by atoms with Crippen LogP contribution in [0.4, 0.5) is 13.2 Å². The second-order valence-electron chi connectivity index (χ2n) is 3.68. The minimum atomic E-state index is -4.33. The van der Waals surface area contributed by atoms with Gasteiger partial charge in [-0.1, -0.05) is 12.1 Å². The van der Waals surface area contributed by atoms with E-state index in [1.54, 1.807) is 24.4 Å². The van der Waals surface area contributed by atoms with Crippen molar-refractivity contribution in [3.8, 4) is 5.75 Å². The van der Waals surface area contributed by atoms with Crippen LogP contribution in [0.1, 0.15) is 11.1 Å². The second-order valence-corrected chi connectivity index (χ2v) is 3.68. The Morgan fingerprint density at radius 3 is 2.53 bits per heavy atom. The molecule has 0 bridgehead atoms. The van der Waals surface area contributed by atoms with E-state index in [9.17, 15) is 13.2 Å². The fraction of sp³-hybridized carbons (Fsp3) is 0.154. The molecule has 0 aliphatic heterocycles. The van der Waals surface area contributed by atoms with Gasteiger partial charge in [-0.3, -0.25) is 4.98 Å². The molecule has 0 spiro atoms. The molecule has 1 aromatic heterocycles. The zero-order valence-corrected chi connectivity index (χ0v) is 10.5. The Kier molecular flexibility index (Phi) is 5.18. The molecule has 0 atom stereocenters. The summed E-state index contributed by atoms with van der Waals surface area (Å²) < 4.78 is 42.8. The number of hydrogen-bond acceptors (Lipinski definition) is 2. The number of halogens is 4. The van der Waals surface area contributed by atoms with Gasteiger partial charge in [0.25, 0.3) is 0 Å². The van der Waals surface area contributed by atoms with E-state index in [0.717, 1.165) is 12.1 Å². The summed E-state index contributed by atoms with van der Waals surface area (Å²) in [7, 11) is 0. The van der Waals surface area contributed by atoms with Crippen molar-refractivity contribution >= 4 is 12.4 Å². The largest absolute Gasteiger partial charge is 0.487 e. The van der Waals surface area contributed by atoms with Gasteiger partial charge in [0.1, 0.15) is 12.4 Å². The highest BCUT2D eigenvalue weighted by Gasteiger charge is 2.30. The van der Waals surface area contributed by atoms with Crippen molar-refractivity contribution < 1.29 is 17.9 Å². The van der Waals surface area contributed by atoms with Crippen LogP contribution >= 0.6 is 12.4 Å². The fourth-order valence-corrected chi connectivity index (χ4v) is 1.44. The molecular weight excluding hydrogens is 279 g/mol. The third-order valence-corrected chi connectivity index (χ3v) is 2.29. The number of rotatable bonds is 3. The minimum Gasteiger partial charge on any atom is -0.487 e. The van der Waals surface area contributed by atoms with Gasteiger partial charge in [-0.05, 0) is 29.8 Å². The molecule has 0 unspecified atom stereocenters. The Bertz CT molecular complexity index is 517. The predicted molar refractivity (Wildman–Crippen MR) is 67.3 cm³/mol. The van der Waals surface area contributed by atoms with Gasteiger partial charge in [0, 0.05) is 6.20 Å². The van der Waals surface area contributed by atoms with Crippen LogP contribution in [-0.4, -0.2) is 4.98 Å². The summed E-state index contributed by atoms with van der Waals surface area (Å²) in [5.74, 6) is 0.523. The van der Waals surface area contributed by atoms with Crippen LogP contribution < -0.4 is 4.74 Å². The molecule has 0 N–H and O–H groups in total. The van der Waals surface area contributed by atoms with E-state index in [2.05, 4.69) is 4.98 Å². The molecular formula is C13H11ClF3NO. The third kappa shape index (κ3) is 4.44. The molecule has 2 rings (SSSR count). The number of benzene rings is 1. The normalized spacial score (nSPS) is 10.7. The molecule has 0 radical (unpaired) electrons. The lowest BCUT2D eigenvalue weighted by atomic mass is 10.1. The molecule has 6 heteroatoms. The first-order valence-electron chi connectivity index (χ1n) is 5.25. The third-order valence-electron chi connectivity index (χ3n) is 2.29. The lowest BCUT2D eigenvalue weighted by Crippen LogP contribution is -2.06. The van der Waals surface area contributed by atoms with Crippen molar-refractivity contribution in [2.24, 2.45) is 0 Å². The Balaban J connectivity index is 0.00000180. The van der Waals surface area contributed by atoms with Gasteiger partial charge >= 0.3 is 6.18 Å². The fourth-order valence-electron chi connectivity index (χ4n) is 1.44. The monoisotopic (exact) mass is 289 g/mol. The molecule has 0 amide bonds. The maximum atomic E-state index is 12.5.